The van der Waals surface area contributed by atoms with Crippen molar-refractivity contribution in [2.45, 2.75) is 19.0 Å². The first-order chi connectivity index (χ1) is 14.2. The van der Waals surface area contributed by atoms with Crippen LogP contribution in [0.1, 0.15) is 35.7 Å². The molecule has 0 fully saturated rings. The number of nitro groups is 2. The minimum atomic E-state index is -0.668. The molecule has 0 radical (unpaired) electrons. The summed E-state index contributed by atoms with van der Waals surface area (Å²) in [5, 5.41) is 25.7. The molecule has 0 aliphatic heterocycles. The number of benzene rings is 3. The zero-order valence-electron chi connectivity index (χ0n) is 16.0. The van der Waals surface area contributed by atoms with Crippen LogP contribution in [0.15, 0.2) is 66.7 Å². The Balaban J connectivity index is 2.01. The summed E-state index contributed by atoms with van der Waals surface area (Å²) in [6, 6.07) is 15.6. The van der Waals surface area contributed by atoms with Crippen LogP contribution in [0.5, 0.6) is 0 Å². The zero-order chi connectivity index (χ0) is 21.8. The van der Waals surface area contributed by atoms with Crippen molar-refractivity contribution < 1.29 is 14.2 Å². The fourth-order valence-electron chi connectivity index (χ4n) is 3.20. The second kappa shape index (κ2) is 8.66. The number of hydrogen-bond donors (Lipinski definition) is 2. The molecule has 9 heteroatoms. The molecule has 3 aromatic rings. The molecular formula is C21H19FN4O4. The van der Waals surface area contributed by atoms with Gasteiger partial charge in [0.1, 0.15) is 5.82 Å². The van der Waals surface area contributed by atoms with Gasteiger partial charge in [-0.05, 0) is 47.9 Å². The molecule has 3 N–H and O–H groups in total. The molecule has 2 unspecified atom stereocenters. The Morgan fingerprint density at radius 1 is 0.867 bits per heavy atom. The van der Waals surface area contributed by atoms with Crippen LogP contribution in [0, 0.1) is 26.0 Å². The third-order valence-electron chi connectivity index (χ3n) is 4.71. The number of nitrogens with one attached hydrogen (secondary N) is 1. The largest absolute Gasteiger partial charge is 0.399 e. The fraction of sp³-hybridized carbons (Fsp3) is 0.143. The number of nitro benzene ring substituents is 2. The Hall–Kier alpha value is -3.85. The van der Waals surface area contributed by atoms with Crippen LogP contribution >= 0.6 is 0 Å². The number of rotatable bonds is 7. The highest BCUT2D eigenvalue weighted by Crippen LogP contribution is 2.30. The topological polar surface area (TPSA) is 124 Å². The lowest BCUT2D eigenvalue weighted by atomic mass is 9.96. The molecule has 3 rings (SSSR count). The predicted molar refractivity (Wildman–Crippen MR) is 110 cm³/mol. The van der Waals surface area contributed by atoms with Gasteiger partial charge in [0, 0.05) is 23.9 Å². The van der Waals surface area contributed by atoms with E-state index in [-0.39, 0.29) is 17.2 Å². The predicted octanol–water partition coefficient (Wildman–Crippen LogP) is 4.66. The van der Waals surface area contributed by atoms with Crippen LogP contribution in [-0.4, -0.2) is 9.85 Å². The molecule has 0 aliphatic rings. The minimum Gasteiger partial charge on any atom is -0.399 e. The van der Waals surface area contributed by atoms with Gasteiger partial charge in [-0.25, -0.2) is 4.39 Å². The smallest absolute Gasteiger partial charge is 0.276 e. The quantitative estimate of drug-likeness (QED) is 0.331. The SMILES string of the molecule is CC(NC(c1ccc(F)cc1)c1cccc(N)c1)c1cc([N+](=O)[O-])cc([N+](=O)[O-])c1. The van der Waals surface area contributed by atoms with Gasteiger partial charge in [-0.2, -0.15) is 0 Å². The van der Waals surface area contributed by atoms with Gasteiger partial charge in [0.25, 0.3) is 11.4 Å². The van der Waals surface area contributed by atoms with E-state index in [1.165, 1.54) is 24.3 Å². The molecule has 0 saturated carbocycles. The summed E-state index contributed by atoms with van der Waals surface area (Å²) in [7, 11) is 0. The summed E-state index contributed by atoms with van der Waals surface area (Å²) in [6.45, 7) is 1.74. The second-order valence-electron chi connectivity index (χ2n) is 6.84. The molecule has 30 heavy (non-hydrogen) atoms. The molecule has 0 amide bonds. The summed E-state index contributed by atoms with van der Waals surface area (Å²) in [5.41, 5.74) is 7.64. The number of anilines is 1. The lowest BCUT2D eigenvalue weighted by Gasteiger charge is -2.25. The maximum absolute atomic E-state index is 13.4. The van der Waals surface area contributed by atoms with Crippen LogP contribution < -0.4 is 11.1 Å². The van der Waals surface area contributed by atoms with E-state index in [9.17, 15) is 24.6 Å². The van der Waals surface area contributed by atoms with E-state index in [1.807, 2.05) is 6.07 Å². The molecule has 0 aromatic heterocycles. The van der Waals surface area contributed by atoms with Crippen molar-refractivity contribution in [3.05, 3.63) is 109 Å². The molecule has 0 bridgehead atoms. The number of halogens is 1. The molecular weight excluding hydrogens is 391 g/mol. The Labute approximate surface area is 171 Å². The van der Waals surface area contributed by atoms with E-state index in [2.05, 4.69) is 5.32 Å². The molecule has 3 aromatic carbocycles. The average molecular weight is 410 g/mol. The number of non-ortho nitro benzene ring substituents is 2. The van der Waals surface area contributed by atoms with Gasteiger partial charge in [0.05, 0.1) is 22.0 Å². The highest BCUT2D eigenvalue weighted by Gasteiger charge is 2.22. The number of nitrogen functional groups attached to an aromatic ring is 1. The monoisotopic (exact) mass is 410 g/mol. The molecule has 154 valence electrons. The molecule has 0 spiro atoms. The number of nitrogens with two attached hydrogens (primary N) is 1. The van der Waals surface area contributed by atoms with Crippen molar-refractivity contribution in [2.24, 2.45) is 0 Å². The maximum Gasteiger partial charge on any atom is 0.276 e. The van der Waals surface area contributed by atoms with Crippen LogP contribution in [0.4, 0.5) is 21.5 Å². The standard InChI is InChI=1S/C21H19FN4O4/c1-13(16-10-19(25(27)28)12-20(11-16)26(29)30)24-21(14-5-7-17(22)8-6-14)15-3-2-4-18(23)9-15/h2-13,21,24H,23H2,1H3. The van der Waals surface area contributed by atoms with E-state index < -0.39 is 21.9 Å². The van der Waals surface area contributed by atoms with Crippen molar-refractivity contribution >= 4 is 17.1 Å². The third-order valence-corrected chi connectivity index (χ3v) is 4.71. The zero-order valence-corrected chi connectivity index (χ0v) is 16.0. The fourth-order valence-corrected chi connectivity index (χ4v) is 3.20. The average Bonchev–Trinajstić information content (AvgIpc) is 2.72. The van der Waals surface area contributed by atoms with Crippen molar-refractivity contribution in [2.75, 3.05) is 5.73 Å². The second-order valence-corrected chi connectivity index (χ2v) is 6.84. The van der Waals surface area contributed by atoms with Crippen LogP contribution in [0.2, 0.25) is 0 Å². The summed E-state index contributed by atoms with van der Waals surface area (Å²) in [4.78, 5) is 21.1. The van der Waals surface area contributed by atoms with Gasteiger partial charge in [-0.15, -0.1) is 0 Å². The number of hydrogen-bond acceptors (Lipinski definition) is 6. The molecule has 2 atom stereocenters. The Kier molecular flexibility index (Phi) is 6.03. The first-order valence-corrected chi connectivity index (χ1v) is 9.05. The maximum atomic E-state index is 13.4. The van der Waals surface area contributed by atoms with Gasteiger partial charge in [-0.1, -0.05) is 24.3 Å². The van der Waals surface area contributed by atoms with E-state index in [4.69, 9.17) is 5.73 Å². The van der Waals surface area contributed by atoms with E-state index in [0.29, 0.717) is 11.3 Å². The minimum absolute atomic E-state index is 0.366. The van der Waals surface area contributed by atoms with Crippen molar-refractivity contribution in [3.8, 4) is 0 Å². The van der Waals surface area contributed by atoms with Crippen LogP contribution in [0.3, 0.4) is 0 Å². The third kappa shape index (κ3) is 4.76. The van der Waals surface area contributed by atoms with E-state index >= 15 is 0 Å². The molecule has 8 nitrogen and oxygen atoms in total. The van der Waals surface area contributed by atoms with E-state index in [0.717, 1.165) is 17.2 Å². The van der Waals surface area contributed by atoms with Gasteiger partial charge < -0.3 is 5.73 Å². The Morgan fingerprint density at radius 3 is 2.00 bits per heavy atom. The summed E-state index contributed by atoms with van der Waals surface area (Å²) >= 11 is 0. The first kappa shape index (κ1) is 20.9. The van der Waals surface area contributed by atoms with E-state index in [1.54, 1.807) is 37.3 Å². The van der Waals surface area contributed by atoms with Crippen LogP contribution in [0.25, 0.3) is 0 Å². The first-order valence-electron chi connectivity index (χ1n) is 9.05. The van der Waals surface area contributed by atoms with Gasteiger partial charge in [-0.3, -0.25) is 25.5 Å². The summed E-state index contributed by atoms with van der Waals surface area (Å²) < 4.78 is 13.4. The van der Waals surface area contributed by atoms with Gasteiger partial charge >= 0.3 is 0 Å². The van der Waals surface area contributed by atoms with Crippen molar-refractivity contribution in [1.29, 1.82) is 0 Å². The van der Waals surface area contributed by atoms with Gasteiger partial charge in [0.2, 0.25) is 0 Å². The van der Waals surface area contributed by atoms with Gasteiger partial charge in [0.15, 0.2) is 0 Å². The van der Waals surface area contributed by atoms with Crippen LogP contribution in [-0.2, 0) is 0 Å². The molecule has 0 saturated heterocycles. The normalized spacial score (nSPS) is 12.9. The Morgan fingerprint density at radius 2 is 1.47 bits per heavy atom. The molecule has 0 aliphatic carbocycles. The lowest BCUT2D eigenvalue weighted by molar-refractivity contribution is -0.394. The molecule has 0 heterocycles. The Bertz CT molecular complexity index is 1060. The van der Waals surface area contributed by atoms with Crippen molar-refractivity contribution in [1.82, 2.24) is 5.32 Å². The summed E-state index contributed by atoms with van der Waals surface area (Å²) in [5.74, 6) is -0.382. The lowest BCUT2D eigenvalue weighted by Crippen LogP contribution is -2.26. The highest BCUT2D eigenvalue weighted by atomic mass is 19.1. The van der Waals surface area contributed by atoms with Crippen molar-refractivity contribution in [3.63, 3.8) is 0 Å². The summed E-state index contributed by atoms with van der Waals surface area (Å²) in [6.07, 6.45) is 0. The highest BCUT2D eigenvalue weighted by molar-refractivity contribution is 5.48. The number of nitrogens with zero attached hydrogens (tertiary/aromatic N) is 2.